The van der Waals surface area contributed by atoms with Crippen LogP contribution in [0, 0.1) is 5.92 Å². The van der Waals surface area contributed by atoms with E-state index in [2.05, 4.69) is 5.32 Å². The highest BCUT2D eigenvalue weighted by atomic mass is 16.5. The van der Waals surface area contributed by atoms with E-state index in [4.69, 9.17) is 4.74 Å². The molecule has 0 aromatic heterocycles. The average Bonchev–Trinajstić information content (AvgIpc) is 2.72. The van der Waals surface area contributed by atoms with Crippen molar-refractivity contribution in [3.63, 3.8) is 0 Å². The lowest BCUT2D eigenvalue weighted by Crippen LogP contribution is -2.53. The number of ether oxygens (including phenoxy) is 1. The van der Waals surface area contributed by atoms with Crippen LogP contribution in [-0.2, 0) is 16.0 Å². The maximum Gasteiger partial charge on any atom is 0.227 e. The number of rotatable bonds is 5. The Morgan fingerprint density at radius 3 is 2.42 bits per heavy atom. The van der Waals surface area contributed by atoms with Crippen LogP contribution in [0.3, 0.4) is 0 Å². The van der Waals surface area contributed by atoms with Gasteiger partial charge in [-0.25, -0.2) is 0 Å². The Bertz CT molecular complexity index is 603. The Morgan fingerprint density at radius 1 is 1.12 bits per heavy atom. The molecule has 2 heterocycles. The van der Waals surface area contributed by atoms with Gasteiger partial charge in [0.2, 0.25) is 11.8 Å². The molecule has 2 saturated heterocycles. The van der Waals surface area contributed by atoms with E-state index in [1.54, 1.807) is 7.11 Å². The van der Waals surface area contributed by atoms with Crippen molar-refractivity contribution in [1.82, 2.24) is 15.1 Å². The van der Waals surface area contributed by atoms with Crippen LogP contribution in [0.4, 0.5) is 0 Å². The summed E-state index contributed by atoms with van der Waals surface area (Å²) in [4.78, 5) is 28.9. The molecule has 2 aliphatic rings. The zero-order valence-corrected chi connectivity index (χ0v) is 15.6. The van der Waals surface area contributed by atoms with E-state index in [1.807, 2.05) is 34.1 Å². The number of benzene rings is 1. The van der Waals surface area contributed by atoms with Gasteiger partial charge in [0.1, 0.15) is 5.75 Å². The monoisotopic (exact) mass is 359 g/mol. The van der Waals surface area contributed by atoms with Crippen LogP contribution in [0.5, 0.6) is 5.75 Å². The average molecular weight is 359 g/mol. The fourth-order valence-corrected chi connectivity index (χ4v) is 3.70. The van der Waals surface area contributed by atoms with Crippen LogP contribution >= 0.6 is 0 Å². The molecule has 0 spiro atoms. The molecule has 142 valence electrons. The van der Waals surface area contributed by atoms with Crippen LogP contribution in [0.2, 0.25) is 0 Å². The molecule has 2 aliphatic heterocycles. The third-order valence-electron chi connectivity index (χ3n) is 5.38. The minimum absolute atomic E-state index is 0.112. The highest BCUT2D eigenvalue weighted by Crippen LogP contribution is 2.16. The second-order valence-corrected chi connectivity index (χ2v) is 7.10. The minimum Gasteiger partial charge on any atom is -0.497 e. The Kier molecular flexibility index (Phi) is 6.50. The Labute approximate surface area is 155 Å². The number of nitrogens with zero attached hydrogens (tertiary/aromatic N) is 2. The van der Waals surface area contributed by atoms with Gasteiger partial charge in [0.15, 0.2) is 0 Å². The van der Waals surface area contributed by atoms with Crippen LogP contribution in [0.15, 0.2) is 24.3 Å². The van der Waals surface area contributed by atoms with Gasteiger partial charge in [-0.3, -0.25) is 9.59 Å². The molecular weight excluding hydrogens is 330 g/mol. The maximum absolute atomic E-state index is 12.6. The standard InChI is InChI=1S/C20H29N3O3/c1-26-18-7-4-16(5-8-18)6-9-19(24)22-11-13-23(14-12-22)20(25)17-3-2-10-21-15-17/h4-5,7-8,17,21H,2-3,6,9-15H2,1H3. The van der Waals surface area contributed by atoms with Crippen LogP contribution in [0.25, 0.3) is 0 Å². The first kappa shape index (κ1) is 18.7. The molecule has 1 N–H and O–H groups in total. The molecule has 26 heavy (non-hydrogen) atoms. The fourth-order valence-electron chi connectivity index (χ4n) is 3.70. The summed E-state index contributed by atoms with van der Waals surface area (Å²) in [5, 5.41) is 3.30. The summed E-state index contributed by atoms with van der Waals surface area (Å²) < 4.78 is 5.15. The van der Waals surface area contributed by atoms with E-state index in [0.29, 0.717) is 32.6 Å². The normalized spacial score (nSPS) is 20.7. The summed E-state index contributed by atoms with van der Waals surface area (Å²) in [5.74, 6) is 1.37. The SMILES string of the molecule is COc1ccc(CCC(=O)N2CCN(C(=O)C3CCCNC3)CC2)cc1. The second-order valence-electron chi connectivity index (χ2n) is 7.10. The molecule has 1 atom stereocenters. The first-order valence-electron chi connectivity index (χ1n) is 9.57. The third-order valence-corrected chi connectivity index (χ3v) is 5.38. The highest BCUT2D eigenvalue weighted by molar-refractivity contribution is 5.80. The van der Waals surface area contributed by atoms with Gasteiger partial charge in [0, 0.05) is 39.1 Å². The Morgan fingerprint density at radius 2 is 1.81 bits per heavy atom. The van der Waals surface area contributed by atoms with Crippen molar-refractivity contribution in [2.75, 3.05) is 46.4 Å². The first-order valence-corrected chi connectivity index (χ1v) is 9.57. The number of nitrogens with one attached hydrogen (secondary N) is 1. The van der Waals surface area contributed by atoms with Gasteiger partial charge >= 0.3 is 0 Å². The number of methoxy groups -OCH3 is 1. The van der Waals surface area contributed by atoms with E-state index in [0.717, 1.165) is 43.7 Å². The Balaban J connectivity index is 1.42. The number of hydrogen-bond acceptors (Lipinski definition) is 4. The fraction of sp³-hybridized carbons (Fsp3) is 0.600. The zero-order valence-electron chi connectivity index (χ0n) is 15.6. The van der Waals surface area contributed by atoms with Crippen molar-refractivity contribution >= 4 is 11.8 Å². The van der Waals surface area contributed by atoms with Gasteiger partial charge in [0.05, 0.1) is 13.0 Å². The number of carbonyl (C=O) groups excluding carboxylic acids is 2. The van der Waals surface area contributed by atoms with Crippen molar-refractivity contribution in [3.05, 3.63) is 29.8 Å². The van der Waals surface area contributed by atoms with E-state index < -0.39 is 0 Å². The zero-order chi connectivity index (χ0) is 18.4. The molecule has 6 heteroatoms. The largest absolute Gasteiger partial charge is 0.497 e. The summed E-state index contributed by atoms with van der Waals surface area (Å²) in [6, 6.07) is 7.84. The molecule has 2 amide bonds. The number of piperazine rings is 1. The number of hydrogen-bond donors (Lipinski definition) is 1. The van der Waals surface area contributed by atoms with E-state index in [9.17, 15) is 9.59 Å². The molecule has 0 radical (unpaired) electrons. The molecular formula is C20H29N3O3. The van der Waals surface area contributed by atoms with Crippen molar-refractivity contribution < 1.29 is 14.3 Å². The first-order chi connectivity index (χ1) is 12.7. The number of amides is 2. The molecule has 1 aromatic carbocycles. The van der Waals surface area contributed by atoms with Gasteiger partial charge in [-0.05, 0) is 43.5 Å². The van der Waals surface area contributed by atoms with Crippen LogP contribution < -0.4 is 10.1 Å². The summed E-state index contributed by atoms with van der Waals surface area (Å²) in [7, 11) is 1.65. The lowest BCUT2D eigenvalue weighted by molar-refractivity contribution is -0.142. The number of aryl methyl sites for hydroxylation is 1. The smallest absolute Gasteiger partial charge is 0.227 e. The topological polar surface area (TPSA) is 61.9 Å². The molecule has 0 aliphatic carbocycles. The summed E-state index contributed by atoms with van der Waals surface area (Å²) >= 11 is 0. The minimum atomic E-state index is 0.112. The summed E-state index contributed by atoms with van der Waals surface area (Å²) in [5.41, 5.74) is 1.14. The molecule has 3 rings (SSSR count). The number of carbonyl (C=O) groups is 2. The van der Waals surface area contributed by atoms with Crippen LogP contribution in [0.1, 0.15) is 24.8 Å². The Hall–Kier alpha value is -2.08. The predicted molar refractivity (Wildman–Crippen MR) is 100 cm³/mol. The molecule has 2 fully saturated rings. The van der Waals surface area contributed by atoms with Gasteiger partial charge in [0.25, 0.3) is 0 Å². The molecule has 6 nitrogen and oxygen atoms in total. The van der Waals surface area contributed by atoms with Gasteiger partial charge in [-0.15, -0.1) is 0 Å². The maximum atomic E-state index is 12.6. The van der Waals surface area contributed by atoms with Crippen LogP contribution in [-0.4, -0.2) is 68.0 Å². The van der Waals surface area contributed by atoms with Gasteiger partial charge in [-0.1, -0.05) is 12.1 Å². The second kappa shape index (κ2) is 9.03. The third kappa shape index (κ3) is 4.75. The molecule has 1 unspecified atom stereocenters. The van der Waals surface area contributed by atoms with E-state index >= 15 is 0 Å². The number of piperidine rings is 1. The van der Waals surface area contributed by atoms with Gasteiger partial charge in [-0.2, -0.15) is 0 Å². The predicted octanol–water partition coefficient (Wildman–Crippen LogP) is 1.30. The van der Waals surface area contributed by atoms with Crippen molar-refractivity contribution in [1.29, 1.82) is 0 Å². The van der Waals surface area contributed by atoms with Crippen molar-refractivity contribution in [3.8, 4) is 5.75 Å². The van der Waals surface area contributed by atoms with E-state index in [-0.39, 0.29) is 17.7 Å². The lowest BCUT2D eigenvalue weighted by Gasteiger charge is -2.37. The molecule has 0 bridgehead atoms. The molecule has 0 saturated carbocycles. The van der Waals surface area contributed by atoms with Crippen molar-refractivity contribution in [2.45, 2.75) is 25.7 Å². The van der Waals surface area contributed by atoms with E-state index in [1.165, 1.54) is 0 Å². The molecule has 1 aromatic rings. The van der Waals surface area contributed by atoms with Gasteiger partial charge < -0.3 is 19.9 Å². The highest BCUT2D eigenvalue weighted by Gasteiger charge is 2.29. The van der Waals surface area contributed by atoms with Crippen molar-refractivity contribution in [2.24, 2.45) is 5.92 Å². The summed E-state index contributed by atoms with van der Waals surface area (Å²) in [6.07, 6.45) is 3.29. The lowest BCUT2D eigenvalue weighted by atomic mass is 9.98. The quantitative estimate of drug-likeness (QED) is 0.861. The summed E-state index contributed by atoms with van der Waals surface area (Å²) in [6.45, 7) is 4.41.